The molecule has 0 radical (unpaired) electrons. The Balaban J connectivity index is 0.883. The normalized spacial score (nSPS) is 15.1. The molecule has 0 saturated carbocycles. The van der Waals surface area contributed by atoms with Gasteiger partial charge in [-0.2, -0.15) is 0 Å². The molecule has 1 saturated heterocycles. The highest BCUT2D eigenvalue weighted by molar-refractivity contribution is 7.21. The first-order chi connectivity index (χ1) is 27.8. The third-order valence-corrected chi connectivity index (χ3v) is 12.2. The van der Waals surface area contributed by atoms with Gasteiger partial charge in [0.1, 0.15) is 28.6 Å². The number of carbonyl (C=O) groups is 3. The number of hydrogen-bond acceptors (Lipinski definition) is 10. The largest absolute Gasteiger partial charge is 0.494 e. The van der Waals surface area contributed by atoms with Crippen molar-refractivity contribution in [1.82, 2.24) is 15.0 Å². The van der Waals surface area contributed by atoms with E-state index in [1.165, 1.54) is 11.3 Å². The van der Waals surface area contributed by atoms with Crippen LogP contribution in [0.3, 0.4) is 0 Å². The summed E-state index contributed by atoms with van der Waals surface area (Å²) in [4.78, 5) is 56.2. The Labute approximate surface area is 329 Å². The fraction of sp³-hybridized carbons (Fsp3) is 0.238. The summed E-state index contributed by atoms with van der Waals surface area (Å²) in [6.45, 7) is 2.93. The third-order valence-electron chi connectivity index (χ3n) is 11.3. The summed E-state index contributed by atoms with van der Waals surface area (Å²) in [7, 11) is 3.26. The number of hydrogen-bond donors (Lipinski definition) is 3. The zero-order chi connectivity index (χ0) is 38.9. The van der Waals surface area contributed by atoms with Crippen LogP contribution < -0.4 is 24.2 Å². The molecule has 4 aromatic carbocycles. The van der Waals surface area contributed by atoms with Gasteiger partial charge in [-0.05, 0) is 91.4 Å². The van der Waals surface area contributed by atoms with Crippen LogP contribution in [0, 0.1) is 0 Å². The molecule has 3 aliphatic heterocycles. The van der Waals surface area contributed by atoms with Crippen molar-refractivity contribution in [2.45, 2.75) is 25.7 Å². The molecular formula is C42H36N8O6S. The summed E-state index contributed by atoms with van der Waals surface area (Å²) in [6, 6.07) is 20.3. The van der Waals surface area contributed by atoms with Crippen LogP contribution in [0.25, 0.3) is 32.0 Å². The lowest BCUT2D eigenvalue weighted by Crippen LogP contribution is -2.29. The number of nitrogens with zero attached hydrogens (tertiary/aromatic N) is 6. The van der Waals surface area contributed by atoms with E-state index in [-0.39, 0.29) is 17.5 Å². The van der Waals surface area contributed by atoms with Gasteiger partial charge in [0, 0.05) is 77.1 Å². The third kappa shape index (κ3) is 5.76. The number of rotatable bonds is 8. The Bertz CT molecular complexity index is 2850. The van der Waals surface area contributed by atoms with Gasteiger partial charge in [0.25, 0.3) is 11.8 Å². The Kier molecular flexibility index (Phi) is 8.21. The Morgan fingerprint density at radius 1 is 0.719 bits per heavy atom. The zero-order valence-corrected chi connectivity index (χ0v) is 31.9. The van der Waals surface area contributed by atoms with Crippen molar-refractivity contribution in [3.63, 3.8) is 0 Å². The zero-order valence-electron chi connectivity index (χ0n) is 31.1. The van der Waals surface area contributed by atoms with Gasteiger partial charge in [-0.1, -0.05) is 11.3 Å². The van der Waals surface area contributed by atoms with Crippen molar-refractivity contribution in [3.8, 4) is 11.5 Å². The van der Waals surface area contributed by atoms with Gasteiger partial charge in [-0.3, -0.25) is 9.59 Å². The van der Waals surface area contributed by atoms with Crippen LogP contribution in [-0.2, 0) is 12.8 Å². The molecule has 3 aromatic heterocycles. The molecule has 0 aliphatic carbocycles. The summed E-state index contributed by atoms with van der Waals surface area (Å²) in [6.07, 6.45) is 3.55. The summed E-state index contributed by atoms with van der Waals surface area (Å²) in [5.74, 6) is -0.00545. The molecule has 286 valence electrons. The van der Waals surface area contributed by atoms with E-state index in [2.05, 4.69) is 30.1 Å². The molecule has 14 nitrogen and oxygen atoms in total. The number of azo groups is 1. The topological polar surface area (TPSA) is 169 Å². The van der Waals surface area contributed by atoms with E-state index in [4.69, 9.17) is 9.47 Å². The van der Waals surface area contributed by atoms with Crippen LogP contribution in [-0.4, -0.2) is 78.2 Å². The molecule has 7 aromatic rings. The molecule has 0 atom stereocenters. The maximum absolute atomic E-state index is 14.0. The second-order valence-electron chi connectivity index (χ2n) is 14.4. The number of nitrogens with one attached hydrogen (secondary N) is 2. The van der Waals surface area contributed by atoms with E-state index >= 15 is 0 Å². The molecule has 0 unspecified atom stereocenters. The van der Waals surface area contributed by atoms with Crippen LogP contribution in [0.1, 0.15) is 55.3 Å². The van der Waals surface area contributed by atoms with Gasteiger partial charge in [0.05, 0.1) is 30.1 Å². The predicted molar refractivity (Wildman–Crippen MR) is 219 cm³/mol. The van der Waals surface area contributed by atoms with Gasteiger partial charge in [-0.25, -0.2) is 9.78 Å². The van der Waals surface area contributed by atoms with E-state index in [1.54, 1.807) is 36.2 Å². The van der Waals surface area contributed by atoms with Crippen molar-refractivity contribution >= 4 is 89.0 Å². The Hall–Kier alpha value is -6.74. The molecule has 10 rings (SSSR count). The number of carbonyl (C=O) groups excluding carboxylic acids is 2. The molecule has 6 heterocycles. The number of methoxy groups -OCH3 is 2. The van der Waals surface area contributed by atoms with Crippen molar-refractivity contribution in [1.29, 1.82) is 0 Å². The first kappa shape index (κ1) is 34.7. The predicted octanol–water partition coefficient (Wildman–Crippen LogP) is 8.40. The molecular weight excluding hydrogens is 745 g/mol. The monoisotopic (exact) mass is 780 g/mol. The molecule has 57 heavy (non-hydrogen) atoms. The fourth-order valence-corrected chi connectivity index (χ4v) is 9.34. The minimum Gasteiger partial charge on any atom is -0.494 e. The van der Waals surface area contributed by atoms with Crippen LogP contribution in [0.4, 0.5) is 27.9 Å². The number of fused-ring (bicyclic) bond motifs is 7. The molecule has 3 aliphatic rings. The van der Waals surface area contributed by atoms with Crippen LogP contribution in [0.2, 0.25) is 0 Å². The number of carboxylic acids is 1. The highest BCUT2D eigenvalue weighted by Crippen LogP contribution is 2.43. The summed E-state index contributed by atoms with van der Waals surface area (Å²) >= 11 is 1.35. The molecule has 0 bridgehead atoms. The van der Waals surface area contributed by atoms with Gasteiger partial charge >= 0.3 is 5.97 Å². The van der Waals surface area contributed by atoms with E-state index in [9.17, 15) is 19.5 Å². The number of H-pyrrole nitrogens is 2. The molecule has 1 fully saturated rings. The van der Waals surface area contributed by atoms with E-state index < -0.39 is 5.97 Å². The minimum absolute atomic E-state index is 0.120. The second kappa shape index (κ2) is 13.5. The van der Waals surface area contributed by atoms with E-state index in [0.717, 1.165) is 86.1 Å². The number of anilines is 3. The smallest absolute Gasteiger partial charge is 0.352 e. The Morgan fingerprint density at radius 2 is 1.37 bits per heavy atom. The average molecular weight is 781 g/mol. The van der Waals surface area contributed by atoms with Gasteiger partial charge in [-0.15, -0.1) is 10.2 Å². The molecule has 2 amide bonds. The van der Waals surface area contributed by atoms with Crippen molar-refractivity contribution < 1.29 is 29.0 Å². The van der Waals surface area contributed by atoms with Crippen LogP contribution in [0.5, 0.6) is 11.5 Å². The van der Waals surface area contributed by atoms with Gasteiger partial charge in [0.2, 0.25) is 5.13 Å². The van der Waals surface area contributed by atoms with Crippen molar-refractivity contribution in [3.05, 3.63) is 94.8 Å². The quantitative estimate of drug-likeness (QED) is 0.129. The first-order valence-corrected chi connectivity index (χ1v) is 19.6. The maximum Gasteiger partial charge on any atom is 0.352 e. The highest BCUT2D eigenvalue weighted by atomic mass is 32.1. The number of aromatic amines is 2. The molecule has 0 spiro atoms. The number of carboxylic acid groups (broad SMARTS) is 1. The lowest BCUT2D eigenvalue weighted by molar-refractivity contribution is 0.0691. The molecule has 15 heteroatoms. The van der Waals surface area contributed by atoms with E-state index in [1.807, 2.05) is 54.6 Å². The lowest BCUT2D eigenvalue weighted by Gasteiger charge is -2.21. The van der Waals surface area contributed by atoms with Crippen molar-refractivity contribution in [2.75, 3.05) is 55.1 Å². The lowest BCUT2D eigenvalue weighted by atomic mass is 10.1. The number of benzene rings is 4. The summed E-state index contributed by atoms with van der Waals surface area (Å²) < 4.78 is 12.2. The number of ether oxygens (including phenoxy) is 2. The second-order valence-corrected chi connectivity index (χ2v) is 15.4. The molecule has 3 N–H and O–H groups in total. The summed E-state index contributed by atoms with van der Waals surface area (Å²) in [5, 5.41) is 20.6. The number of aromatic nitrogens is 3. The number of amides is 2. The summed E-state index contributed by atoms with van der Waals surface area (Å²) in [5.41, 5.74) is 8.46. The van der Waals surface area contributed by atoms with Crippen LogP contribution in [0.15, 0.2) is 77.0 Å². The van der Waals surface area contributed by atoms with Crippen LogP contribution >= 0.6 is 11.3 Å². The SMILES string of the molecule is COc1cc(N2CCCC2)c(OC)cc1/N=N/c1nc2ccc(C(=O)N3CCc4c3ccc3[nH]c(C(=O)N5CCc6c5ccc5[nH]c(C(=O)O)cc65)cc43)cc2s1. The van der Waals surface area contributed by atoms with E-state index in [0.29, 0.717) is 59.5 Å². The minimum atomic E-state index is -1.02. The maximum atomic E-state index is 14.0. The Morgan fingerprint density at radius 3 is 2.04 bits per heavy atom. The van der Waals surface area contributed by atoms with Gasteiger partial charge < -0.3 is 39.2 Å². The number of aromatic carboxylic acids is 1. The highest BCUT2D eigenvalue weighted by Gasteiger charge is 2.32. The standard InChI is InChI=1S/C42H36N8O6S/c1-55-36-21-35(48-13-3-4-14-48)37(56-2)20-30(36)46-47-42-45-29-6-5-22(17-38(29)57-42)39(51)49-15-11-23-25-18-31(43-27(25)7-9-33(23)49)40(52)50-16-12-24-26-19-32(41(53)54)44-28(26)8-10-34(24)50/h5-10,17-21,43-44H,3-4,11-16H2,1-2H3,(H,53,54)/b47-46+. The average Bonchev–Trinajstić information content (AvgIpc) is 4.08. The van der Waals surface area contributed by atoms with Crippen molar-refractivity contribution in [2.24, 2.45) is 10.2 Å². The first-order valence-electron chi connectivity index (χ1n) is 18.8. The number of thiazole rings is 1. The fourth-order valence-electron chi connectivity index (χ4n) is 8.51. The van der Waals surface area contributed by atoms with Gasteiger partial charge in [0.15, 0.2) is 0 Å².